The molecule has 2 fully saturated rings. The molecule has 1 amide bonds. The van der Waals surface area contributed by atoms with E-state index in [1.165, 1.54) is 5.56 Å². The van der Waals surface area contributed by atoms with E-state index in [1.807, 2.05) is 30.3 Å². The molecule has 3 atom stereocenters. The Kier molecular flexibility index (Phi) is 4.65. The Morgan fingerprint density at radius 2 is 1.82 bits per heavy atom. The first kappa shape index (κ1) is 17.5. The number of hydrogen-bond donors (Lipinski definition) is 1. The molecule has 2 aromatic carbocycles. The summed E-state index contributed by atoms with van der Waals surface area (Å²) in [7, 11) is 0. The van der Waals surface area contributed by atoms with Crippen molar-refractivity contribution < 1.29 is 9.21 Å². The van der Waals surface area contributed by atoms with Gasteiger partial charge in [-0.1, -0.05) is 55.0 Å². The first-order valence-electron chi connectivity index (χ1n) is 10.4. The van der Waals surface area contributed by atoms with Crippen molar-refractivity contribution in [1.29, 1.82) is 0 Å². The monoisotopic (exact) mass is 374 g/mol. The van der Waals surface area contributed by atoms with Crippen LogP contribution in [0.15, 0.2) is 65.1 Å². The molecule has 28 heavy (non-hydrogen) atoms. The largest absolute Gasteiger partial charge is 0.451 e. The van der Waals surface area contributed by atoms with E-state index in [0.717, 1.165) is 49.7 Å². The number of piperidine rings is 1. The van der Waals surface area contributed by atoms with Gasteiger partial charge in [0.1, 0.15) is 5.58 Å². The summed E-state index contributed by atoms with van der Waals surface area (Å²) in [6, 6.07) is 20.9. The average molecular weight is 374 g/mol. The maximum atomic E-state index is 13.6. The fourth-order valence-electron chi connectivity index (χ4n) is 5.03. The molecule has 1 N–H and O–H groups in total. The van der Waals surface area contributed by atoms with Crippen molar-refractivity contribution in [3.63, 3.8) is 0 Å². The van der Waals surface area contributed by atoms with Crippen LogP contribution in [0, 0.1) is 0 Å². The third-order valence-corrected chi connectivity index (χ3v) is 6.34. The molecule has 0 aliphatic carbocycles. The molecule has 144 valence electrons. The van der Waals surface area contributed by atoms with Gasteiger partial charge >= 0.3 is 0 Å². The number of fused-ring (bicyclic) bond motifs is 2. The molecular weight excluding hydrogens is 348 g/mol. The fraction of sp³-hybridized carbons (Fsp3) is 0.375. The number of hydrogen-bond acceptors (Lipinski definition) is 3. The summed E-state index contributed by atoms with van der Waals surface area (Å²) in [6.45, 7) is 1.80. The minimum Gasteiger partial charge on any atom is -0.451 e. The van der Waals surface area contributed by atoms with Gasteiger partial charge in [-0.25, -0.2) is 0 Å². The highest BCUT2D eigenvalue weighted by atomic mass is 16.3. The summed E-state index contributed by atoms with van der Waals surface area (Å²) < 4.78 is 5.93. The summed E-state index contributed by atoms with van der Waals surface area (Å²) >= 11 is 0. The van der Waals surface area contributed by atoms with E-state index in [1.54, 1.807) is 0 Å². The molecule has 2 aliphatic heterocycles. The van der Waals surface area contributed by atoms with Gasteiger partial charge in [-0.2, -0.15) is 0 Å². The Bertz CT molecular complexity index is 932. The normalized spacial score (nSPS) is 25.3. The van der Waals surface area contributed by atoms with E-state index in [0.29, 0.717) is 17.7 Å². The summed E-state index contributed by atoms with van der Waals surface area (Å²) in [4.78, 5) is 15.7. The van der Waals surface area contributed by atoms with Crippen LogP contribution in [0.4, 0.5) is 0 Å². The van der Waals surface area contributed by atoms with E-state index < -0.39 is 0 Å². The van der Waals surface area contributed by atoms with Gasteiger partial charge in [-0.05, 0) is 43.5 Å². The Hall–Kier alpha value is -2.59. The second-order valence-corrected chi connectivity index (χ2v) is 8.00. The van der Waals surface area contributed by atoms with Gasteiger partial charge in [0, 0.05) is 23.9 Å². The highest BCUT2D eigenvalue weighted by molar-refractivity contribution is 5.96. The number of amides is 1. The first-order valence-corrected chi connectivity index (χ1v) is 10.4. The molecule has 0 bridgehead atoms. The summed E-state index contributed by atoms with van der Waals surface area (Å²) in [5.74, 6) is 0.843. The summed E-state index contributed by atoms with van der Waals surface area (Å²) in [6.07, 6.45) is 4.37. The minimum absolute atomic E-state index is 0.0257. The Balaban J connectivity index is 1.52. The average Bonchev–Trinajstić information content (AvgIpc) is 3.06. The predicted octanol–water partition coefficient (Wildman–Crippen LogP) is 4.57. The number of benzene rings is 2. The summed E-state index contributed by atoms with van der Waals surface area (Å²) in [5, 5.41) is 4.68. The number of likely N-dealkylation sites (tertiary alicyclic amines) is 1. The number of carbonyl (C=O) groups is 1. The number of carbonyl (C=O) groups excluding carboxylic acids is 1. The van der Waals surface area contributed by atoms with Crippen molar-refractivity contribution in [2.24, 2.45) is 0 Å². The SMILES string of the molecule is O=C(c1cc2ccccc2o1)N1CCCC[C@H]2NCC[C@H](c3ccccc3)[C@H]21. The van der Waals surface area contributed by atoms with Crippen LogP contribution in [0.3, 0.4) is 0 Å². The van der Waals surface area contributed by atoms with Gasteiger partial charge in [0.05, 0.1) is 6.04 Å². The standard InChI is InChI=1S/C24H26N2O2/c27-24(22-16-18-10-4-5-12-21(18)28-22)26-15-7-6-11-20-23(26)19(13-14-25-20)17-8-2-1-3-9-17/h1-5,8-10,12,16,19-20,23,25H,6-7,11,13-15H2/t19-,20-,23-/m1/s1. The lowest BCUT2D eigenvalue weighted by Gasteiger charge is -2.44. The van der Waals surface area contributed by atoms with Gasteiger partial charge in [-0.3, -0.25) is 4.79 Å². The molecule has 0 radical (unpaired) electrons. The second-order valence-electron chi connectivity index (χ2n) is 8.00. The fourth-order valence-corrected chi connectivity index (χ4v) is 5.03. The molecule has 2 saturated heterocycles. The highest BCUT2D eigenvalue weighted by Gasteiger charge is 2.41. The van der Waals surface area contributed by atoms with Crippen molar-refractivity contribution in [2.45, 2.75) is 43.7 Å². The van der Waals surface area contributed by atoms with Crippen molar-refractivity contribution in [3.8, 4) is 0 Å². The van der Waals surface area contributed by atoms with Gasteiger partial charge in [0.2, 0.25) is 0 Å². The quantitative estimate of drug-likeness (QED) is 0.714. The van der Waals surface area contributed by atoms with Crippen molar-refractivity contribution in [1.82, 2.24) is 10.2 Å². The van der Waals surface area contributed by atoms with Crippen molar-refractivity contribution >= 4 is 16.9 Å². The van der Waals surface area contributed by atoms with Gasteiger partial charge in [0.15, 0.2) is 5.76 Å². The van der Waals surface area contributed by atoms with E-state index >= 15 is 0 Å². The number of furan rings is 1. The first-order chi connectivity index (χ1) is 13.8. The van der Waals surface area contributed by atoms with Gasteiger partial charge in [0.25, 0.3) is 5.91 Å². The zero-order valence-corrected chi connectivity index (χ0v) is 16.0. The number of nitrogens with zero attached hydrogens (tertiary/aromatic N) is 1. The molecule has 1 aromatic heterocycles. The second kappa shape index (κ2) is 7.44. The third-order valence-electron chi connectivity index (χ3n) is 6.34. The number of nitrogens with one attached hydrogen (secondary N) is 1. The number of para-hydroxylation sites is 1. The Morgan fingerprint density at radius 1 is 1.00 bits per heavy atom. The lowest BCUT2D eigenvalue weighted by Crippen LogP contribution is -2.57. The van der Waals surface area contributed by atoms with Crippen LogP contribution < -0.4 is 5.32 Å². The summed E-state index contributed by atoms with van der Waals surface area (Å²) in [5.41, 5.74) is 2.11. The van der Waals surface area contributed by atoms with E-state index in [4.69, 9.17) is 4.42 Å². The smallest absolute Gasteiger partial charge is 0.289 e. The third kappa shape index (κ3) is 3.12. The topological polar surface area (TPSA) is 45.5 Å². The van der Waals surface area contributed by atoms with Crippen LogP contribution in [-0.2, 0) is 0 Å². The number of rotatable bonds is 2. The Labute approximate surface area is 165 Å². The zero-order valence-electron chi connectivity index (χ0n) is 16.0. The molecule has 5 rings (SSSR count). The molecule has 2 aliphatic rings. The van der Waals surface area contributed by atoms with Crippen LogP contribution in [0.5, 0.6) is 0 Å². The van der Waals surface area contributed by atoms with Crippen molar-refractivity contribution in [3.05, 3.63) is 72.0 Å². The van der Waals surface area contributed by atoms with Gasteiger partial charge < -0.3 is 14.6 Å². The molecule has 4 nitrogen and oxygen atoms in total. The van der Waals surface area contributed by atoms with Crippen LogP contribution >= 0.6 is 0 Å². The Morgan fingerprint density at radius 3 is 2.68 bits per heavy atom. The van der Waals surface area contributed by atoms with Crippen LogP contribution in [-0.4, -0.2) is 36.0 Å². The van der Waals surface area contributed by atoms with Crippen LogP contribution in [0.25, 0.3) is 11.0 Å². The van der Waals surface area contributed by atoms with Crippen molar-refractivity contribution in [2.75, 3.05) is 13.1 Å². The molecular formula is C24H26N2O2. The lowest BCUT2D eigenvalue weighted by atomic mass is 9.80. The lowest BCUT2D eigenvalue weighted by molar-refractivity contribution is 0.0546. The highest BCUT2D eigenvalue weighted by Crippen LogP contribution is 2.36. The minimum atomic E-state index is 0.0257. The molecule has 3 heterocycles. The maximum Gasteiger partial charge on any atom is 0.289 e. The molecule has 3 aromatic rings. The van der Waals surface area contributed by atoms with E-state index in [2.05, 4.69) is 40.5 Å². The van der Waals surface area contributed by atoms with Crippen LogP contribution in [0.2, 0.25) is 0 Å². The molecule has 0 saturated carbocycles. The van der Waals surface area contributed by atoms with E-state index in [-0.39, 0.29) is 11.9 Å². The van der Waals surface area contributed by atoms with Crippen LogP contribution in [0.1, 0.15) is 47.7 Å². The molecule has 0 unspecified atom stereocenters. The van der Waals surface area contributed by atoms with Gasteiger partial charge in [-0.15, -0.1) is 0 Å². The van der Waals surface area contributed by atoms with E-state index in [9.17, 15) is 4.79 Å². The molecule has 4 heteroatoms. The zero-order chi connectivity index (χ0) is 18.9. The molecule has 0 spiro atoms. The maximum absolute atomic E-state index is 13.6. The predicted molar refractivity (Wildman–Crippen MR) is 110 cm³/mol.